The zero-order chi connectivity index (χ0) is 47.8. The van der Waals surface area contributed by atoms with E-state index in [-0.39, 0.29) is 65.7 Å². The molecule has 0 spiro atoms. The van der Waals surface area contributed by atoms with Crippen molar-refractivity contribution in [1.29, 1.82) is 0 Å². The second kappa shape index (κ2) is 30.6. The van der Waals surface area contributed by atoms with Crippen LogP contribution < -0.4 is 11.1 Å². The number of benzene rings is 1. The fourth-order valence-electron chi connectivity index (χ4n) is 7.62. The van der Waals surface area contributed by atoms with Crippen LogP contribution in [0.3, 0.4) is 0 Å². The van der Waals surface area contributed by atoms with Gasteiger partial charge in [-0.2, -0.15) is 0 Å². The molecule has 0 aromatic heterocycles. The number of hydrogen-bond donors (Lipinski definition) is 2. The molecule has 8 unspecified atom stereocenters. The number of Topliss-reactive ketones (excluding diaryl/α,β-unsaturated/α-hetero) is 1. The van der Waals surface area contributed by atoms with Crippen molar-refractivity contribution in [2.24, 2.45) is 29.4 Å². The third kappa shape index (κ3) is 23.0. The summed E-state index contributed by atoms with van der Waals surface area (Å²) in [7, 11) is 10.9. The van der Waals surface area contributed by atoms with E-state index in [4.69, 9.17) is 19.9 Å². The number of primary amides is 1. The Morgan fingerprint density at radius 3 is 1.84 bits per heavy atom. The number of likely N-dealkylation sites (N-methyl/N-ethyl adjacent to an activating group) is 3. The van der Waals surface area contributed by atoms with E-state index in [1.165, 1.54) is 0 Å². The van der Waals surface area contributed by atoms with Gasteiger partial charge in [0.25, 0.3) is 0 Å². The maximum Gasteiger partial charge on any atom is 0.329 e. The Morgan fingerprint density at radius 2 is 1.48 bits per heavy atom. The number of hydrogen-bond acceptors (Lipinski definition) is 10. The molecule has 13 nitrogen and oxygen atoms in total. The molecule has 0 bridgehead atoms. The Morgan fingerprint density at radius 1 is 0.918 bits per heavy atom. The molecule has 3 N–H and O–H groups in total. The smallest absolute Gasteiger partial charge is 0.329 e. The van der Waals surface area contributed by atoms with Gasteiger partial charge in [0, 0.05) is 46.6 Å². The highest BCUT2D eigenvalue weighted by Gasteiger charge is 2.38. The van der Waals surface area contributed by atoms with Gasteiger partial charge < -0.3 is 35.1 Å². The highest BCUT2D eigenvalue weighted by Crippen LogP contribution is 2.26. The Hall–Kier alpha value is -3.39. The van der Waals surface area contributed by atoms with Crippen LogP contribution in [0.2, 0.25) is 0 Å². The molecule has 3 amide bonds. The van der Waals surface area contributed by atoms with Crippen molar-refractivity contribution in [2.75, 3.05) is 49.0 Å². The van der Waals surface area contributed by atoms with Crippen LogP contribution in [0, 0.1) is 23.7 Å². The number of rotatable bonds is 20. The molecule has 1 aromatic carbocycles. The van der Waals surface area contributed by atoms with Crippen LogP contribution >= 0.6 is 0 Å². The molecule has 1 aliphatic rings. The van der Waals surface area contributed by atoms with Gasteiger partial charge in [-0.15, -0.1) is 0 Å². The molecule has 13 heteroatoms. The minimum atomic E-state index is -0.745. The summed E-state index contributed by atoms with van der Waals surface area (Å²) in [5.74, 6) is -0.126. The van der Waals surface area contributed by atoms with Crippen molar-refractivity contribution in [2.45, 2.75) is 171 Å². The fourth-order valence-corrected chi connectivity index (χ4v) is 7.62. The summed E-state index contributed by atoms with van der Waals surface area (Å²) < 4.78 is 16.8. The summed E-state index contributed by atoms with van der Waals surface area (Å²) >= 11 is 0. The molecule has 2 rings (SSSR count). The molecule has 354 valence electrons. The molecule has 1 saturated heterocycles. The molecule has 0 saturated carbocycles. The quantitative estimate of drug-likeness (QED) is 0.134. The number of nitrogens with one attached hydrogen (secondary N) is 1. The number of esters is 1. The summed E-state index contributed by atoms with van der Waals surface area (Å²) in [4.78, 5) is 66.2. The minimum Gasteiger partial charge on any atom is -0.458 e. The van der Waals surface area contributed by atoms with Gasteiger partial charge >= 0.3 is 5.97 Å². The van der Waals surface area contributed by atoms with Gasteiger partial charge in [0.15, 0.2) is 0 Å². The van der Waals surface area contributed by atoms with Crippen LogP contribution in [0.4, 0.5) is 0 Å². The normalized spacial score (nSPS) is 17.4. The number of carbonyl (C=O) groups excluding carboxylic acids is 5. The largest absolute Gasteiger partial charge is 0.458 e. The van der Waals surface area contributed by atoms with Crippen LogP contribution in [0.15, 0.2) is 30.3 Å². The third-order valence-corrected chi connectivity index (χ3v) is 10.7. The van der Waals surface area contributed by atoms with Gasteiger partial charge in [-0.25, -0.2) is 4.79 Å². The van der Waals surface area contributed by atoms with Gasteiger partial charge in [-0.1, -0.05) is 99.1 Å². The number of nitrogens with two attached hydrogens (primary N) is 1. The number of amides is 3. The summed E-state index contributed by atoms with van der Waals surface area (Å²) in [5.41, 5.74) is 5.50. The number of carbonyl (C=O) groups is 5. The van der Waals surface area contributed by atoms with Crippen LogP contribution in [0.5, 0.6) is 0 Å². The lowest BCUT2D eigenvalue weighted by atomic mass is 9.90. The summed E-state index contributed by atoms with van der Waals surface area (Å²) in [6.07, 6.45) is 3.86. The predicted molar refractivity (Wildman–Crippen MR) is 248 cm³/mol. The van der Waals surface area contributed by atoms with E-state index in [2.05, 4.69) is 31.1 Å². The van der Waals surface area contributed by atoms with Gasteiger partial charge in [0.05, 0.1) is 30.2 Å². The minimum absolute atomic E-state index is 0.0554. The molecular weight excluding hydrogens is 775 g/mol. The van der Waals surface area contributed by atoms with E-state index in [0.29, 0.717) is 31.1 Å². The van der Waals surface area contributed by atoms with E-state index < -0.39 is 17.6 Å². The molecule has 0 radical (unpaired) electrons. The zero-order valence-electron chi connectivity index (χ0n) is 41.8. The molecule has 1 aliphatic heterocycles. The number of ketones is 1. The molecule has 1 heterocycles. The first-order chi connectivity index (χ1) is 28.3. The second-order valence-electron chi connectivity index (χ2n) is 18.2. The molecule has 0 aliphatic carbocycles. The van der Waals surface area contributed by atoms with Crippen molar-refractivity contribution in [1.82, 2.24) is 20.0 Å². The maximum atomic E-state index is 13.1. The lowest BCUT2D eigenvalue weighted by Crippen LogP contribution is -2.51. The molecule has 61 heavy (non-hydrogen) atoms. The monoisotopic (exact) mass is 864 g/mol. The Kier molecular flexibility index (Phi) is 30.0. The number of nitrogens with zero attached hydrogens (tertiary/aromatic N) is 3. The number of ether oxygens (including phenoxy) is 3. The van der Waals surface area contributed by atoms with Crippen LogP contribution in [-0.4, -0.2) is 135 Å². The first-order valence-electron chi connectivity index (χ1n) is 22.4. The van der Waals surface area contributed by atoms with Gasteiger partial charge in [0.1, 0.15) is 17.4 Å². The summed E-state index contributed by atoms with van der Waals surface area (Å²) in [5, 5.41) is 2.93. The van der Waals surface area contributed by atoms with Crippen LogP contribution in [0.25, 0.3) is 0 Å². The van der Waals surface area contributed by atoms with E-state index >= 15 is 0 Å². The first-order valence-corrected chi connectivity index (χ1v) is 22.4. The van der Waals surface area contributed by atoms with E-state index in [9.17, 15) is 24.0 Å². The molecular formula is C48H89N5O8. The first kappa shape index (κ1) is 59.7. The molecule has 1 aromatic rings. The lowest BCUT2D eigenvalue weighted by Gasteiger charge is -2.37. The number of likely N-dealkylation sites (tertiary alicyclic amines) is 1. The number of methoxy groups -OCH3 is 2. The van der Waals surface area contributed by atoms with Crippen molar-refractivity contribution in [3.05, 3.63) is 35.9 Å². The highest BCUT2D eigenvalue weighted by molar-refractivity contribution is 5.86. The summed E-state index contributed by atoms with van der Waals surface area (Å²) in [6.45, 7) is 26.2. The van der Waals surface area contributed by atoms with Crippen molar-refractivity contribution in [3.63, 3.8) is 0 Å². The predicted octanol–water partition coefficient (Wildman–Crippen LogP) is 6.78. The van der Waals surface area contributed by atoms with Gasteiger partial charge in [-0.05, 0) is 91.5 Å². The van der Waals surface area contributed by atoms with Gasteiger partial charge in [0.2, 0.25) is 17.7 Å². The topological polar surface area (TPSA) is 161 Å². The maximum absolute atomic E-state index is 13.1. The van der Waals surface area contributed by atoms with E-state index in [1.54, 1.807) is 26.0 Å². The van der Waals surface area contributed by atoms with Crippen LogP contribution in [0.1, 0.15) is 128 Å². The van der Waals surface area contributed by atoms with Crippen molar-refractivity contribution >= 4 is 29.5 Å². The Balaban J connectivity index is 0. The third-order valence-electron chi connectivity index (χ3n) is 10.7. The Bertz CT molecular complexity index is 1390. The molecule has 8 atom stereocenters. The van der Waals surface area contributed by atoms with Crippen molar-refractivity contribution < 1.29 is 38.2 Å². The second-order valence-corrected chi connectivity index (χ2v) is 18.2. The van der Waals surface area contributed by atoms with E-state index in [1.807, 2.05) is 126 Å². The highest BCUT2D eigenvalue weighted by atomic mass is 16.6. The standard InChI is InChI=1S/C23H36N2O4.C16H31NO3.C7H16N2O.C2H6/c1-16(20(28-6)19-13-10-14-25(19)5)21(26)24-18(22(27)29-23(2,3)4)15-17-11-8-7-9-12-17;1-8-12(4)16(14(20-7)10-13(5)18)17(6)15(19)9-11(2)3;1-5(2)6(7(8)10)9(3)4;1-2/h7-9,11-12,16,18-20H,10,13-15H2,1-6H3,(H,24,26);11-12,14,16H,8-10H2,1-7H3;5-6H,1-4H3,(H2,8,10);1-2H3. The average Bonchev–Trinajstić information content (AvgIpc) is 3.59. The average molecular weight is 864 g/mol. The Labute approximate surface area is 371 Å². The summed E-state index contributed by atoms with van der Waals surface area (Å²) in [6, 6.07) is 8.91. The van der Waals surface area contributed by atoms with Crippen LogP contribution in [-0.2, 0) is 44.6 Å². The molecule has 1 fully saturated rings. The fraction of sp³-hybridized carbons (Fsp3) is 0.771. The zero-order valence-corrected chi connectivity index (χ0v) is 41.8. The van der Waals surface area contributed by atoms with Gasteiger partial charge in [-0.3, -0.25) is 24.1 Å². The SMILES string of the molecule is CC.CC(C)C(C(N)=O)N(C)C.CCC(C)C(C(CC(C)=O)OC)N(C)C(=O)CC(C)C.COC(C(C)C(=O)NC(Cc1ccccc1)C(=O)OC(C)(C)C)C1CCCN1C. The van der Waals surface area contributed by atoms with Crippen molar-refractivity contribution in [3.8, 4) is 0 Å². The lowest BCUT2D eigenvalue weighted by molar-refractivity contribution is -0.159. The van der Waals surface area contributed by atoms with E-state index in [0.717, 1.165) is 31.4 Å².